The topological polar surface area (TPSA) is 51.0 Å². The molecule has 4 heteroatoms. The van der Waals surface area contributed by atoms with Crippen molar-refractivity contribution in [2.24, 2.45) is 0 Å². The van der Waals surface area contributed by atoms with E-state index in [4.69, 9.17) is 4.52 Å². The van der Waals surface area contributed by atoms with Crippen LogP contribution in [0.25, 0.3) is 0 Å². The zero-order valence-electron chi connectivity index (χ0n) is 9.49. The minimum atomic E-state index is 0.410. The summed E-state index contributed by atoms with van der Waals surface area (Å²) >= 11 is 0. The number of aromatic nitrogens is 2. The molecule has 84 valence electrons. The fraction of sp³-hybridized carbons (Fsp3) is 0.818. The molecule has 0 amide bonds. The van der Waals surface area contributed by atoms with E-state index in [9.17, 15) is 0 Å². The van der Waals surface area contributed by atoms with Gasteiger partial charge in [0.1, 0.15) is 0 Å². The van der Waals surface area contributed by atoms with Crippen LogP contribution in [0.4, 0.5) is 0 Å². The summed E-state index contributed by atoms with van der Waals surface area (Å²) in [6, 6.07) is 0.462. The van der Waals surface area contributed by atoms with Crippen LogP contribution in [-0.4, -0.2) is 22.7 Å². The first-order chi connectivity index (χ1) is 7.31. The van der Waals surface area contributed by atoms with E-state index < -0.39 is 0 Å². The molecule has 0 spiro atoms. The van der Waals surface area contributed by atoms with Gasteiger partial charge >= 0.3 is 0 Å². The van der Waals surface area contributed by atoms with Crippen molar-refractivity contribution in [3.05, 3.63) is 11.7 Å². The van der Waals surface area contributed by atoms with E-state index in [1.807, 2.05) is 0 Å². The average molecular weight is 209 g/mol. The largest absolute Gasteiger partial charge is 0.339 e. The molecule has 0 saturated carbocycles. The molecule has 1 fully saturated rings. The van der Waals surface area contributed by atoms with Gasteiger partial charge in [0.2, 0.25) is 5.89 Å². The maximum absolute atomic E-state index is 5.31. The van der Waals surface area contributed by atoms with E-state index in [1.54, 1.807) is 0 Å². The number of hydrogen-bond donors (Lipinski definition) is 1. The summed E-state index contributed by atoms with van der Waals surface area (Å²) in [7, 11) is 0. The lowest BCUT2D eigenvalue weighted by Gasteiger charge is -2.08. The van der Waals surface area contributed by atoms with Crippen molar-refractivity contribution in [1.29, 1.82) is 0 Å². The maximum atomic E-state index is 5.31. The van der Waals surface area contributed by atoms with Gasteiger partial charge in [-0.3, -0.25) is 0 Å². The fourth-order valence-corrected chi connectivity index (χ4v) is 2.05. The van der Waals surface area contributed by atoms with E-state index >= 15 is 0 Å². The molecule has 0 aliphatic carbocycles. The second kappa shape index (κ2) is 4.75. The summed E-state index contributed by atoms with van der Waals surface area (Å²) in [5.74, 6) is 2.09. The molecule has 1 aliphatic rings. The van der Waals surface area contributed by atoms with Gasteiger partial charge in [0, 0.05) is 12.5 Å². The first-order valence-corrected chi connectivity index (χ1v) is 5.87. The predicted octanol–water partition coefficient (Wildman–Crippen LogP) is 1.88. The second-order valence-corrected chi connectivity index (χ2v) is 4.29. The highest BCUT2D eigenvalue weighted by molar-refractivity contribution is 5.01. The molecule has 2 atom stereocenters. The van der Waals surface area contributed by atoms with Crippen LogP contribution in [0.5, 0.6) is 0 Å². The molecular weight excluding hydrogens is 190 g/mol. The molecule has 1 saturated heterocycles. The quantitative estimate of drug-likeness (QED) is 0.822. The zero-order chi connectivity index (χ0) is 10.7. The Labute approximate surface area is 90.4 Å². The summed E-state index contributed by atoms with van der Waals surface area (Å²) in [6.45, 7) is 5.40. The maximum Gasteiger partial charge on any atom is 0.231 e. The van der Waals surface area contributed by atoms with Gasteiger partial charge in [-0.15, -0.1) is 0 Å². The van der Waals surface area contributed by atoms with Crippen LogP contribution in [0.2, 0.25) is 0 Å². The molecule has 1 aromatic rings. The Morgan fingerprint density at radius 3 is 3.07 bits per heavy atom. The molecule has 1 N–H and O–H groups in total. The Balaban J connectivity index is 1.99. The predicted molar refractivity (Wildman–Crippen MR) is 57.7 cm³/mol. The Morgan fingerprint density at radius 2 is 2.40 bits per heavy atom. The van der Waals surface area contributed by atoms with Crippen LogP contribution in [0, 0.1) is 0 Å². The number of unbranched alkanes of at least 4 members (excludes halogenated alkanes) is 1. The van der Waals surface area contributed by atoms with Gasteiger partial charge in [-0.1, -0.05) is 18.5 Å². The highest BCUT2D eigenvalue weighted by Gasteiger charge is 2.29. The van der Waals surface area contributed by atoms with Gasteiger partial charge in [0.05, 0.1) is 5.92 Å². The van der Waals surface area contributed by atoms with E-state index in [-0.39, 0.29) is 0 Å². The van der Waals surface area contributed by atoms with Crippen LogP contribution in [0.15, 0.2) is 4.52 Å². The second-order valence-electron chi connectivity index (χ2n) is 4.29. The number of nitrogens with one attached hydrogen (secondary N) is 1. The zero-order valence-corrected chi connectivity index (χ0v) is 9.49. The van der Waals surface area contributed by atoms with Crippen molar-refractivity contribution in [3.63, 3.8) is 0 Å². The summed E-state index contributed by atoms with van der Waals surface area (Å²) < 4.78 is 5.31. The summed E-state index contributed by atoms with van der Waals surface area (Å²) in [6.07, 6.45) is 4.35. The van der Waals surface area contributed by atoms with Crippen molar-refractivity contribution in [1.82, 2.24) is 15.5 Å². The molecule has 1 aromatic heterocycles. The smallest absolute Gasteiger partial charge is 0.231 e. The van der Waals surface area contributed by atoms with Gasteiger partial charge in [-0.25, -0.2) is 0 Å². The lowest BCUT2D eigenvalue weighted by Crippen LogP contribution is -2.21. The highest BCUT2D eigenvalue weighted by atomic mass is 16.5. The molecule has 15 heavy (non-hydrogen) atoms. The van der Waals surface area contributed by atoms with Gasteiger partial charge in [0.25, 0.3) is 0 Å². The van der Waals surface area contributed by atoms with Gasteiger partial charge in [-0.2, -0.15) is 4.98 Å². The van der Waals surface area contributed by atoms with Crippen LogP contribution >= 0.6 is 0 Å². The molecule has 0 radical (unpaired) electrons. The normalized spacial score (nSPS) is 26.0. The van der Waals surface area contributed by atoms with Crippen LogP contribution in [0.3, 0.4) is 0 Å². The van der Waals surface area contributed by atoms with Crippen molar-refractivity contribution in [2.75, 3.05) is 6.54 Å². The number of nitrogens with zero attached hydrogens (tertiary/aromatic N) is 2. The third kappa shape index (κ3) is 2.37. The summed E-state index contributed by atoms with van der Waals surface area (Å²) in [5.41, 5.74) is 0. The van der Waals surface area contributed by atoms with E-state index in [0.717, 1.165) is 37.5 Å². The van der Waals surface area contributed by atoms with Gasteiger partial charge in [-0.05, 0) is 26.3 Å². The monoisotopic (exact) mass is 209 g/mol. The van der Waals surface area contributed by atoms with Crippen LogP contribution < -0.4 is 5.32 Å². The fourth-order valence-electron chi connectivity index (χ4n) is 2.05. The highest BCUT2D eigenvalue weighted by Crippen LogP contribution is 2.25. The van der Waals surface area contributed by atoms with E-state index in [2.05, 4.69) is 29.3 Å². The van der Waals surface area contributed by atoms with Crippen LogP contribution in [-0.2, 0) is 6.42 Å². The molecule has 2 unspecified atom stereocenters. The Morgan fingerprint density at radius 1 is 1.53 bits per heavy atom. The molecule has 0 aromatic carbocycles. The lowest BCUT2D eigenvalue weighted by atomic mass is 10.0. The Bertz CT molecular complexity index is 311. The third-order valence-electron chi connectivity index (χ3n) is 3.08. The number of rotatable bonds is 4. The molecular formula is C11H19N3O. The summed E-state index contributed by atoms with van der Waals surface area (Å²) in [5, 5.41) is 7.41. The van der Waals surface area contributed by atoms with Crippen molar-refractivity contribution in [3.8, 4) is 0 Å². The average Bonchev–Trinajstić information content (AvgIpc) is 2.83. The molecule has 2 heterocycles. The van der Waals surface area contributed by atoms with Crippen molar-refractivity contribution in [2.45, 2.75) is 51.5 Å². The van der Waals surface area contributed by atoms with Gasteiger partial charge < -0.3 is 9.84 Å². The first-order valence-electron chi connectivity index (χ1n) is 5.87. The number of aryl methyl sites for hydroxylation is 1. The van der Waals surface area contributed by atoms with Crippen molar-refractivity contribution < 1.29 is 4.52 Å². The Kier molecular flexibility index (Phi) is 3.36. The SMILES string of the molecule is CCCCc1noc(C2CCNC2C)n1. The lowest BCUT2D eigenvalue weighted by molar-refractivity contribution is 0.341. The van der Waals surface area contributed by atoms with E-state index in [1.165, 1.54) is 6.42 Å². The summed E-state index contributed by atoms with van der Waals surface area (Å²) in [4.78, 5) is 4.46. The molecule has 2 rings (SSSR count). The molecule has 1 aliphatic heterocycles. The molecule has 4 nitrogen and oxygen atoms in total. The number of hydrogen-bond acceptors (Lipinski definition) is 4. The van der Waals surface area contributed by atoms with Crippen molar-refractivity contribution >= 4 is 0 Å². The van der Waals surface area contributed by atoms with Gasteiger partial charge in [0.15, 0.2) is 5.82 Å². The molecule has 0 bridgehead atoms. The van der Waals surface area contributed by atoms with E-state index in [0.29, 0.717) is 12.0 Å². The standard InChI is InChI=1S/C11H19N3O/c1-3-4-5-10-13-11(15-14-10)9-6-7-12-8(9)2/h8-9,12H,3-7H2,1-2H3. The first kappa shape index (κ1) is 10.6. The minimum Gasteiger partial charge on any atom is -0.339 e. The Hall–Kier alpha value is -0.900. The third-order valence-corrected chi connectivity index (χ3v) is 3.08. The van der Waals surface area contributed by atoms with Crippen LogP contribution in [0.1, 0.15) is 50.7 Å². The minimum absolute atomic E-state index is 0.410.